The Kier molecular flexibility index (Phi) is 6.68. The molecule has 2 aromatic carbocycles. The number of anilines is 1. The fourth-order valence-corrected chi connectivity index (χ4v) is 5.86. The van der Waals surface area contributed by atoms with E-state index < -0.39 is 11.5 Å². The second-order valence-corrected chi connectivity index (χ2v) is 11.1. The monoisotopic (exact) mass is 581 g/mol. The van der Waals surface area contributed by atoms with Gasteiger partial charge in [0.1, 0.15) is 22.6 Å². The van der Waals surface area contributed by atoms with E-state index in [1.54, 1.807) is 55.2 Å². The fraction of sp³-hybridized carbons (Fsp3) is 0.100. The molecule has 41 heavy (non-hydrogen) atoms. The molecule has 5 aromatic rings. The topological polar surface area (TPSA) is 90.8 Å². The Hall–Kier alpha value is -4.74. The Bertz CT molecular complexity index is 2010. The summed E-state index contributed by atoms with van der Waals surface area (Å²) in [5.74, 6) is 0.0360. The lowest BCUT2D eigenvalue weighted by molar-refractivity contribution is -0.113. The standard InChI is InChI=1S/C30H23N5O4S2/c1-18-12-14-21(15-13-18)39-26-22(27(36)33-16-8-7-11-24(33)31-26)17-23-28(37)34(30(40)41-23)25-19(2)32(3)35(29(25)38)20-9-5-4-6-10-20/h4-17H,1-3H3/b23-17-. The van der Waals surface area contributed by atoms with Crippen LogP contribution >= 0.6 is 24.0 Å². The maximum absolute atomic E-state index is 13.8. The van der Waals surface area contributed by atoms with Gasteiger partial charge >= 0.3 is 0 Å². The fourth-order valence-electron chi connectivity index (χ4n) is 4.60. The lowest BCUT2D eigenvalue weighted by Crippen LogP contribution is -2.33. The Balaban J connectivity index is 1.46. The van der Waals surface area contributed by atoms with Gasteiger partial charge in [0.25, 0.3) is 17.0 Å². The molecule has 4 heterocycles. The third-order valence-corrected chi connectivity index (χ3v) is 8.09. The van der Waals surface area contributed by atoms with Crippen LogP contribution in [-0.2, 0) is 11.8 Å². The average molecular weight is 582 g/mol. The number of carbonyl (C=O) groups is 1. The molecule has 11 heteroatoms. The highest BCUT2D eigenvalue weighted by molar-refractivity contribution is 8.27. The number of rotatable bonds is 5. The Morgan fingerprint density at radius 1 is 0.902 bits per heavy atom. The lowest BCUT2D eigenvalue weighted by Gasteiger charge is -2.12. The molecule has 0 saturated carbocycles. The molecule has 0 spiro atoms. The van der Waals surface area contributed by atoms with Crippen molar-refractivity contribution < 1.29 is 9.53 Å². The van der Waals surface area contributed by atoms with Crippen LogP contribution in [0.5, 0.6) is 11.6 Å². The molecule has 1 saturated heterocycles. The zero-order chi connectivity index (χ0) is 28.8. The number of para-hydroxylation sites is 1. The molecule has 0 radical (unpaired) electrons. The van der Waals surface area contributed by atoms with Gasteiger partial charge in [0.2, 0.25) is 5.88 Å². The quantitative estimate of drug-likeness (QED) is 0.213. The number of carbonyl (C=O) groups excluding carboxylic acids is 1. The first kappa shape index (κ1) is 26.5. The number of benzene rings is 2. The molecule has 1 fully saturated rings. The summed E-state index contributed by atoms with van der Waals surface area (Å²) in [6, 6.07) is 21.7. The Morgan fingerprint density at radius 3 is 2.34 bits per heavy atom. The van der Waals surface area contributed by atoms with Crippen LogP contribution in [0.25, 0.3) is 17.4 Å². The van der Waals surface area contributed by atoms with Crippen molar-refractivity contribution >= 4 is 51.6 Å². The maximum atomic E-state index is 13.8. The van der Waals surface area contributed by atoms with Gasteiger partial charge in [-0.1, -0.05) is 65.9 Å². The molecule has 0 aliphatic carbocycles. The van der Waals surface area contributed by atoms with Crippen molar-refractivity contribution in [2.24, 2.45) is 7.05 Å². The van der Waals surface area contributed by atoms with E-state index in [4.69, 9.17) is 17.0 Å². The second kappa shape index (κ2) is 10.3. The summed E-state index contributed by atoms with van der Waals surface area (Å²) in [6.45, 7) is 3.71. The average Bonchev–Trinajstić information content (AvgIpc) is 3.36. The lowest BCUT2D eigenvalue weighted by atomic mass is 10.2. The highest BCUT2D eigenvalue weighted by Crippen LogP contribution is 2.37. The van der Waals surface area contributed by atoms with Crippen LogP contribution in [0.4, 0.5) is 5.69 Å². The molecule has 9 nitrogen and oxygen atoms in total. The summed E-state index contributed by atoms with van der Waals surface area (Å²) < 4.78 is 10.8. The van der Waals surface area contributed by atoms with Crippen LogP contribution in [0.2, 0.25) is 0 Å². The van der Waals surface area contributed by atoms with Gasteiger partial charge in [0.15, 0.2) is 4.32 Å². The number of aromatic nitrogens is 4. The number of aryl methyl sites for hydroxylation is 1. The molecule has 1 aliphatic rings. The van der Waals surface area contributed by atoms with Gasteiger partial charge in [0.05, 0.1) is 16.3 Å². The van der Waals surface area contributed by atoms with E-state index in [0.717, 1.165) is 17.3 Å². The van der Waals surface area contributed by atoms with Gasteiger partial charge in [-0.25, -0.2) is 4.68 Å². The maximum Gasteiger partial charge on any atom is 0.296 e. The van der Waals surface area contributed by atoms with Crippen molar-refractivity contribution in [1.82, 2.24) is 18.7 Å². The van der Waals surface area contributed by atoms with E-state index in [1.807, 2.05) is 49.4 Å². The molecule has 1 amide bonds. The van der Waals surface area contributed by atoms with Crippen molar-refractivity contribution in [2.45, 2.75) is 13.8 Å². The molecule has 204 valence electrons. The van der Waals surface area contributed by atoms with E-state index in [0.29, 0.717) is 22.8 Å². The molecule has 0 N–H and O–H groups in total. The second-order valence-electron chi connectivity index (χ2n) is 9.41. The van der Waals surface area contributed by atoms with E-state index in [1.165, 1.54) is 20.1 Å². The summed E-state index contributed by atoms with van der Waals surface area (Å²) in [6.07, 6.45) is 3.04. The number of nitrogens with zero attached hydrogens (tertiary/aromatic N) is 5. The number of thiocarbonyl (C=S) groups is 1. The first-order chi connectivity index (χ1) is 19.7. The van der Waals surface area contributed by atoms with Crippen molar-refractivity contribution in [3.8, 4) is 17.3 Å². The van der Waals surface area contributed by atoms with Gasteiger partial charge in [-0.2, -0.15) is 4.98 Å². The summed E-state index contributed by atoms with van der Waals surface area (Å²) in [4.78, 5) is 47.0. The predicted octanol–water partition coefficient (Wildman–Crippen LogP) is 5.00. The van der Waals surface area contributed by atoms with E-state index >= 15 is 0 Å². The third kappa shape index (κ3) is 4.58. The molecule has 1 aliphatic heterocycles. The van der Waals surface area contributed by atoms with Crippen LogP contribution in [-0.4, -0.2) is 29.0 Å². The van der Waals surface area contributed by atoms with Crippen molar-refractivity contribution in [2.75, 3.05) is 4.90 Å². The van der Waals surface area contributed by atoms with Crippen LogP contribution in [0.1, 0.15) is 16.8 Å². The third-order valence-electron chi connectivity index (χ3n) is 6.79. The summed E-state index contributed by atoms with van der Waals surface area (Å²) >= 11 is 6.59. The largest absolute Gasteiger partial charge is 0.438 e. The molecule has 3 aromatic heterocycles. The first-order valence-electron chi connectivity index (χ1n) is 12.6. The first-order valence-corrected chi connectivity index (χ1v) is 13.8. The van der Waals surface area contributed by atoms with Crippen LogP contribution in [0, 0.1) is 13.8 Å². The highest BCUT2D eigenvalue weighted by atomic mass is 32.2. The van der Waals surface area contributed by atoms with Crippen LogP contribution in [0.3, 0.4) is 0 Å². The number of fused-ring (bicyclic) bond motifs is 1. The van der Waals surface area contributed by atoms with Gasteiger partial charge in [-0.05, 0) is 56.3 Å². The van der Waals surface area contributed by atoms with E-state index in [9.17, 15) is 14.4 Å². The van der Waals surface area contributed by atoms with Crippen LogP contribution in [0.15, 0.2) is 93.5 Å². The highest BCUT2D eigenvalue weighted by Gasteiger charge is 2.38. The van der Waals surface area contributed by atoms with Crippen LogP contribution < -0.4 is 20.8 Å². The zero-order valence-electron chi connectivity index (χ0n) is 22.3. The normalized spacial score (nSPS) is 14.4. The number of hydrogen-bond donors (Lipinski definition) is 0. The number of thioether (sulfide) groups is 1. The van der Waals surface area contributed by atoms with Gasteiger partial charge < -0.3 is 4.74 Å². The SMILES string of the molecule is Cc1ccc(Oc2nc3ccccn3c(=O)c2/C=C2\SC(=S)N(c3c(C)n(C)n(-c4ccccc4)c3=O)C2=O)cc1. The van der Waals surface area contributed by atoms with Crippen molar-refractivity contribution in [1.29, 1.82) is 0 Å². The minimum atomic E-state index is -0.509. The van der Waals surface area contributed by atoms with Gasteiger partial charge in [-0.3, -0.25) is 28.4 Å². The predicted molar refractivity (Wildman–Crippen MR) is 164 cm³/mol. The molecule has 0 atom stereocenters. The minimum Gasteiger partial charge on any atom is -0.438 e. The Labute approximate surface area is 243 Å². The minimum absolute atomic E-state index is 0.0534. The summed E-state index contributed by atoms with van der Waals surface area (Å²) in [5, 5.41) is 0. The van der Waals surface area contributed by atoms with E-state index in [2.05, 4.69) is 4.98 Å². The smallest absolute Gasteiger partial charge is 0.296 e. The molecular weight excluding hydrogens is 558 g/mol. The number of ether oxygens (including phenoxy) is 1. The van der Waals surface area contributed by atoms with E-state index in [-0.39, 0.29) is 31.9 Å². The van der Waals surface area contributed by atoms with Gasteiger partial charge in [-0.15, -0.1) is 0 Å². The zero-order valence-corrected chi connectivity index (χ0v) is 23.9. The number of pyridine rings is 1. The molecule has 0 unspecified atom stereocenters. The molecule has 0 bridgehead atoms. The summed E-state index contributed by atoms with van der Waals surface area (Å²) in [5.41, 5.74) is 2.11. The molecule has 6 rings (SSSR count). The molecular formula is C30H23N5O4S2. The summed E-state index contributed by atoms with van der Waals surface area (Å²) in [7, 11) is 1.75. The Morgan fingerprint density at radius 2 is 1.61 bits per heavy atom. The van der Waals surface area contributed by atoms with Gasteiger partial charge in [0, 0.05) is 13.2 Å². The number of amides is 1. The number of hydrogen-bond acceptors (Lipinski definition) is 7. The van der Waals surface area contributed by atoms with Crippen molar-refractivity contribution in [3.63, 3.8) is 0 Å². The van der Waals surface area contributed by atoms with Crippen molar-refractivity contribution in [3.05, 3.63) is 121 Å².